The van der Waals surface area contributed by atoms with Gasteiger partial charge in [0.25, 0.3) is 0 Å². The SMILES string of the molecule is Fc1cc(F)c2c(-c3cncc(C(F)(F)F)c3)ccnc2c1. The minimum absolute atomic E-state index is 0.0208. The van der Waals surface area contributed by atoms with E-state index in [2.05, 4.69) is 9.97 Å². The van der Waals surface area contributed by atoms with Gasteiger partial charge in [-0.15, -0.1) is 0 Å². The smallest absolute Gasteiger partial charge is 0.263 e. The first-order chi connectivity index (χ1) is 10.4. The minimum atomic E-state index is -4.56. The van der Waals surface area contributed by atoms with E-state index in [-0.39, 0.29) is 22.0 Å². The average Bonchev–Trinajstić information content (AvgIpc) is 2.45. The van der Waals surface area contributed by atoms with Gasteiger partial charge in [0.1, 0.15) is 11.6 Å². The highest BCUT2D eigenvalue weighted by Crippen LogP contribution is 2.34. The standard InChI is InChI=1S/C15H7F5N2/c16-10-4-12(17)14-11(1-2-22-13(14)5-10)8-3-9(7-21-6-8)15(18,19)20/h1-7H. The molecule has 0 spiro atoms. The number of nitrogens with zero attached hydrogens (tertiary/aromatic N) is 2. The van der Waals surface area contributed by atoms with E-state index in [0.717, 1.165) is 12.1 Å². The van der Waals surface area contributed by atoms with Crippen LogP contribution < -0.4 is 0 Å². The van der Waals surface area contributed by atoms with E-state index in [0.29, 0.717) is 12.3 Å². The third-order valence-corrected chi connectivity index (χ3v) is 3.13. The van der Waals surface area contributed by atoms with Gasteiger partial charge in [-0.3, -0.25) is 9.97 Å². The Hall–Kier alpha value is -2.57. The Morgan fingerprint density at radius 3 is 2.45 bits per heavy atom. The molecule has 2 aromatic heterocycles. The summed E-state index contributed by atoms with van der Waals surface area (Å²) in [5.41, 5.74) is -0.682. The molecule has 0 amide bonds. The van der Waals surface area contributed by atoms with Crippen molar-refractivity contribution in [3.8, 4) is 11.1 Å². The lowest BCUT2D eigenvalue weighted by molar-refractivity contribution is -0.137. The van der Waals surface area contributed by atoms with Crippen molar-refractivity contribution in [1.82, 2.24) is 9.97 Å². The topological polar surface area (TPSA) is 25.8 Å². The van der Waals surface area contributed by atoms with Gasteiger partial charge in [0.15, 0.2) is 0 Å². The molecule has 0 saturated heterocycles. The predicted octanol–water partition coefficient (Wildman–Crippen LogP) is 4.59. The van der Waals surface area contributed by atoms with Crippen LogP contribution in [0.25, 0.3) is 22.0 Å². The fraction of sp³-hybridized carbons (Fsp3) is 0.0667. The van der Waals surface area contributed by atoms with Gasteiger partial charge in [-0.2, -0.15) is 13.2 Å². The van der Waals surface area contributed by atoms with E-state index >= 15 is 0 Å². The Balaban J connectivity index is 2.27. The lowest BCUT2D eigenvalue weighted by Crippen LogP contribution is -2.05. The number of aromatic nitrogens is 2. The van der Waals surface area contributed by atoms with Crippen molar-refractivity contribution >= 4 is 10.9 Å². The molecule has 0 aliphatic rings. The zero-order valence-corrected chi connectivity index (χ0v) is 10.8. The Bertz CT molecular complexity index is 858. The lowest BCUT2D eigenvalue weighted by Gasteiger charge is -2.10. The fourth-order valence-corrected chi connectivity index (χ4v) is 2.19. The van der Waals surface area contributed by atoms with Crippen LogP contribution in [0.4, 0.5) is 22.0 Å². The van der Waals surface area contributed by atoms with Crippen LogP contribution in [0.1, 0.15) is 5.56 Å². The zero-order chi connectivity index (χ0) is 15.9. The summed E-state index contributed by atoms with van der Waals surface area (Å²) in [7, 11) is 0. The maximum atomic E-state index is 14.0. The molecule has 112 valence electrons. The van der Waals surface area contributed by atoms with E-state index in [1.807, 2.05) is 0 Å². The molecular weight excluding hydrogens is 303 g/mol. The Labute approximate surface area is 121 Å². The molecule has 0 atom stereocenters. The number of hydrogen-bond acceptors (Lipinski definition) is 2. The molecule has 3 rings (SSSR count). The van der Waals surface area contributed by atoms with Gasteiger partial charge in [0, 0.05) is 41.7 Å². The molecular formula is C15H7F5N2. The van der Waals surface area contributed by atoms with E-state index in [9.17, 15) is 22.0 Å². The molecule has 1 aromatic carbocycles. The lowest BCUT2D eigenvalue weighted by atomic mass is 10.0. The number of fused-ring (bicyclic) bond motifs is 1. The molecule has 0 saturated carbocycles. The maximum absolute atomic E-state index is 14.0. The summed E-state index contributed by atoms with van der Waals surface area (Å²) in [5, 5.41) is -0.0509. The summed E-state index contributed by atoms with van der Waals surface area (Å²) >= 11 is 0. The molecule has 0 aliphatic heterocycles. The van der Waals surface area contributed by atoms with E-state index < -0.39 is 23.4 Å². The van der Waals surface area contributed by atoms with Crippen LogP contribution in [0.15, 0.2) is 42.9 Å². The van der Waals surface area contributed by atoms with Crippen molar-refractivity contribution in [2.75, 3.05) is 0 Å². The summed E-state index contributed by atoms with van der Waals surface area (Å²) in [6.07, 6.45) is -1.41. The minimum Gasteiger partial charge on any atom is -0.263 e. The number of benzene rings is 1. The molecule has 3 aromatic rings. The molecule has 0 N–H and O–H groups in total. The summed E-state index contributed by atoms with van der Waals surface area (Å²) in [6, 6.07) is 3.91. The number of pyridine rings is 2. The van der Waals surface area contributed by atoms with Gasteiger partial charge in [-0.05, 0) is 17.7 Å². The second-order valence-electron chi connectivity index (χ2n) is 4.60. The first-order valence-electron chi connectivity index (χ1n) is 6.12. The van der Waals surface area contributed by atoms with Crippen molar-refractivity contribution in [2.45, 2.75) is 6.18 Å². The van der Waals surface area contributed by atoms with Gasteiger partial charge in [0.05, 0.1) is 11.1 Å². The highest BCUT2D eigenvalue weighted by atomic mass is 19.4. The average molecular weight is 310 g/mol. The Kier molecular flexibility index (Phi) is 3.27. The second-order valence-corrected chi connectivity index (χ2v) is 4.60. The number of halogens is 5. The molecule has 0 fully saturated rings. The first-order valence-corrected chi connectivity index (χ1v) is 6.12. The Morgan fingerprint density at radius 1 is 0.955 bits per heavy atom. The van der Waals surface area contributed by atoms with Crippen LogP contribution in [0, 0.1) is 11.6 Å². The van der Waals surface area contributed by atoms with E-state index in [1.165, 1.54) is 18.5 Å². The number of hydrogen-bond donors (Lipinski definition) is 0. The monoisotopic (exact) mass is 310 g/mol. The Morgan fingerprint density at radius 2 is 1.73 bits per heavy atom. The van der Waals surface area contributed by atoms with Crippen molar-refractivity contribution in [3.63, 3.8) is 0 Å². The van der Waals surface area contributed by atoms with Gasteiger partial charge >= 0.3 is 6.18 Å². The molecule has 0 aliphatic carbocycles. The molecule has 7 heteroatoms. The van der Waals surface area contributed by atoms with E-state index in [4.69, 9.17) is 0 Å². The van der Waals surface area contributed by atoms with Crippen molar-refractivity contribution in [3.05, 3.63) is 60.1 Å². The normalized spacial score (nSPS) is 11.9. The molecule has 0 unspecified atom stereocenters. The highest BCUT2D eigenvalue weighted by molar-refractivity contribution is 5.94. The fourth-order valence-electron chi connectivity index (χ4n) is 2.19. The maximum Gasteiger partial charge on any atom is 0.417 e. The van der Waals surface area contributed by atoms with Crippen LogP contribution in [-0.2, 0) is 6.18 Å². The van der Waals surface area contributed by atoms with Gasteiger partial charge in [-0.25, -0.2) is 8.78 Å². The summed E-state index contributed by atoms with van der Waals surface area (Å²) < 4.78 is 65.5. The molecule has 22 heavy (non-hydrogen) atoms. The van der Waals surface area contributed by atoms with Gasteiger partial charge in [-0.1, -0.05) is 0 Å². The molecule has 2 heterocycles. The zero-order valence-electron chi connectivity index (χ0n) is 10.8. The largest absolute Gasteiger partial charge is 0.417 e. The number of alkyl halides is 3. The quantitative estimate of drug-likeness (QED) is 0.614. The van der Waals surface area contributed by atoms with Crippen molar-refractivity contribution in [1.29, 1.82) is 0 Å². The van der Waals surface area contributed by atoms with Crippen molar-refractivity contribution < 1.29 is 22.0 Å². The molecule has 0 radical (unpaired) electrons. The molecule has 0 bridgehead atoms. The van der Waals surface area contributed by atoms with Gasteiger partial charge < -0.3 is 0 Å². The van der Waals surface area contributed by atoms with Crippen LogP contribution in [0.5, 0.6) is 0 Å². The van der Waals surface area contributed by atoms with Crippen LogP contribution in [-0.4, -0.2) is 9.97 Å². The van der Waals surface area contributed by atoms with Crippen LogP contribution in [0.2, 0.25) is 0 Å². The predicted molar refractivity (Wildman–Crippen MR) is 69.9 cm³/mol. The molecule has 2 nitrogen and oxygen atoms in total. The first kappa shape index (κ1) is 14.4. The summed E-state index contributed by atoms with van der Waals surface area (Å²) in [5.74, 6) is -1.70. The van der Waals surface area contributed by atoms with Crippen LogP contribution in [0.3, 0.4) is 0 Å². The summed E-state index contributed by atoms with van der Waals surface area (Å²) in [6.45, 7) is 0. The third-order valence-electron chi connectivity index (χ3n) is 3.13. The van der Waals surface area contributed by atoms with Crippen LogP contribution >= 0.6 is 0 Å². The summed E-state index contributed by atoms with van der Waals surface area (Å²) in [4.78, 5) is 7.38. The number of rotatable bonds is 1. The van der Waals surface area contributed by atoms with Crippen molar-refractivity contribution in [2.24, 2.45) is 0 Å². The van der Waals surface area contributed by atoms with E-state index in [1.54, 1.807) is 0 Å². The van der Waals surface area contributed by atoms with Gasteiger partial charge in [0.2, 0.25) is 0 Å². The second kappa shape index (κ2) is 5.01. The third kappa shape index (κ3) is 2.49. The highest BCUT2D eigenvalue weighted by Gasteiger charge is 2.31.